The molecule has 0 bridgehead atoms. The van der Waals surface area contributed by atoms with Crippen LogP contribution in [0.4, 0.5) is 10.1 Å². The van der Waals surface area contributed by atoms with Crippen LogP contribution in [0.2, 0.25) is 0 Å². The Labute approximate surface area is 173 Å². The molecule has 2 heterocycles. The molecule has 0 radical (unpaired) electrons. The third-order valence-corrected chi connectivity index (χ3v) is 4.78. The Morgan fingerprint density at radius 1 is 1.00 bits per heavy atom. The number of carbonyl (C=O) groups is 1. The maximum atomic E-state index is 13.0. The van der Waals surface area contributed by atoms with Gasteiger partial charge in [-0.3, -0.25) is 0 Å². The average molecular weight is 408 g/mol. The third kappa shape index (κ3) is 4.58. The van der Waals surface area contributed by atoms with Gasteiger partial charge in [0.15, 0.2) is 5.69 Å². The number of morpholine rings is 1. The van der Waals surface area contributed by atoms with Crippen molar-refractivity contribution in [2.24, 2.45) is 0 Å². The zero-order valence-electron chi connectivity index (χ0n) is 16.5. The predicted molar refractivity (Wildman–Crippen MR) is 111 cm³/mol. The molecule has 0 aliphatic carbocycles. The molecular formula is C23H21FN2O4. The summed E-state index contributed by atoms with van der Waals surface area (Å²) in [6.07, 6.45) is 0. The van der Waals surface area contributed by atoms with E-state index in [0.29, 0.717) is 30.4 Å². The number of hydrogen-bond acceptors (Lipinski definition) is 6. The van der Waals surface area contributed by atoms with Crippen molar-refractivity contribution in [2.45, 2.75) is 0 Å². The summed E-state index contributed by atoms with van der Waals surface area (Å²) >= 11 is 0. The number of nitrogens with zero attached hydrogens (tertiary/aromatic N) is 2. The molecule has 7 heteroatoms. The molecule has 4 rings (SSSR count). The molecule has 30 heavy (non-hydrogen) atoms. The van der Waals surface area contributed by atoms with Crippen molar-refractivity contribution in [2.75, 3.05) is 38.3 Å². The van der Waals surface area contributed by atoms with Gasteiger partial charge in [-0.15, -0.1) is 0 Å². The van der Waals surface area contributed by atoms with Crippen LogP contribution in [-0.4, -0.2) is 44.4 Å². The van der Waals surface area contributed by atoms with Crippen LogP contribution in [-0.2, 0) is 9.47 Å². The largest absolute Gasteiger partial charge is 0.464 e. The van der Waals surface area contributed by atoms with E-state index in [1.807, 2.05) is 18.2 Å². The van der Waals surface area contributed by atoms with E-state index in [2.05, 4.69) is 9.88 Å². The van der Waals surface area contributed by atoms with E-state index in [4.69, 9.17) is 14.2 Å². The summed E-state index contributed by atoms with van der Waals surface area (Å²) in [6.45, 7) is 2.77. The molecule has 1 aliphatic heterocycles. The fraction of sp³-hybridized carbons (Fsp3) is 0.217. The van der Waals surface area contributed by atoms with Gasteiger partial charge in [0.25, 0.3) is 0 Å². The molecule has 0 amide bonds. The van der Waals surface area contributed by atoms with Crippen LogP contribution in [0.25, 0.3) is 11.3 Å². The van der Waals surface area contributed by atoms with Gasteiger partial charge < -0.3 is 19.1 Å². The van der Waals surface area contributed by atoms with Crippen molar-refractivity contribution in [3.05, 3.63) is 72.2 Å². The highest BCUT2D eigenvalue weighted by molar-refractivity contribution is 5.89. The highest BCUT2D eigenvalue weighted by Gasteiger charge is 2.17. The molecule has 2 aromatic carbocycles. The summed E-state index contributed by atoms with van der Waals surface area (Å²) < 4.78 is 29.1. The molecule has 0 saturated carbocycles. The van der Waals surface area contributed by atoms with Crippen LogP contribution >= 0.6 is 0 Å². The Morgan fingerprint density at radius 2 is 1.63 bits per heavy atom. The molecule has 6 nitrogen and oxygen atoms in total. The number of rotatable bonds is 5. The van der Waals surface area contributed by atoms with Gasteiger partial charge in [-0.1, -0.05) is 0 Å². The molecule has 3 aromatic rings. The zero-order valence-corrected chi connectivity index (χ0v) is 16.5. The molecule has 1 aromatic heterocycles. The molecule has 0 spiro atoms. The standard InChI is InChI=1S/C23H21FN2O4/c1-28-23(27)22-15-18(26-10-12-29-13-11-26)14-21(25-22)16-2-6-19(7-3-16)30-20-8-4-17(24)5-9-20/h2-9,14-15H,10-13H2,1H3. The number of aromatic nitrogens is 1. The van der Waals surface area contributed by atoms with Crippen molar-refractivity contribution < 1.29 is 23.4 Å². The first-order valence-electron chi connectivity index (χ1n) is 9.59. The number of benzene rings is 2. The van der Waals surface area contributed by atoms with Gasteiger partial charge in [-0.25, -0.2) is 14.2 Å². The minimum absolute atomic E-state index is 0.253. The van der Waals surface area contributed by atoms with Gasteiger partial charge in [0.2, 0.25) is 0 Å². The van der Waals surface area contributed by atoms with Crippen molar-refractivity contribution in [1.29, 1.82) is 0 Å². The summed E-state index contributed by atoms with van der Waals surface area (Å²) in [5.74, 6) is 0.361. The van der Waals surface area contributed by atoms with Crippen molar-refractivity contribution >= 4 is 11.7 Å². The number of anilines is 1. The highest BCUT2D eigenvalue weighted by atomic mass is 19.1. The Kier molecular flexibility index (Phi) is 5.90. The lowest BCUT2D eigenvalue weighted by Crippen LogP contribution is -2.36. The summed E-state index contributed by atoms with van der Waals surface area (Å²) in [5, 5.41) is 0. The second-order valence-electron chi connectivity index (χ2n) is 6.77. The summed E-state index contributed by atoms with van der Waals surface area (Å²) in [4.78, 5) is 18.8. The number of carbonyl (C=O) groups excluding carboxylic acids is 1. The topological polar surface area (TPSA) is 60.9 Å². The number of halogens is 1. The fourth-order valence-electron chi connectivity index (χ4n) is 3.21. The minimum atomic E-state index is -0.484. The van der Waals surface area contributed by atoms with Gasteiger partial charge in [0.05, 0.1) is 26.0 Å². The average Bonchev–Trinajstić information content (AvgIpc) is 2.81. The highest BCUT2D eigenvalue weighted by Crippen LogP contribution is 2.28. The fourth-order valence-corrected chi connectivity index (χ4v) is 3.21. The first kappa shape index (κ1) is 19.8. The maximum Gasteiger partial charge on any atom is 0.356 e. The Bertz CT molecular complexity index is 1020. The van der Waals surface area contributed by atoms with Gasteiger partial charge in [-0.2, -0.15) is 0 Å². The van der Waals surface area contributed by atoms with Gasteiger partial charge in [-0.05, 0) is 60.7 Å². The normalized spacial score (nSPS) is 13.7. The Hall–Kier alpha value is -3.45. The van der Waals surface area contributed by atoms with E-state index in [1.165, 1.54) is 19.2 Å². The van der Waals surface area contributed by atoms with E-state index in [0.717, 1.165) is 24.3 Å². The van der Waals surface area contributed by atoms with E-state index >= 15 is 0 Å². The molecule has 1 saturated heterocycles. The third-order valence-electron chi connectivity index (χ3n) is 4.78. The number of pyridine rings is 1. The van der Waals surface area contributed by atoms with Crippen LogP contribution in [0.15, 0.2) is 60.7 Å². The van der Waals surface area contributed by atoms with Gasteiger partial charge in [0, 0.05) is 24.3 Å². The van der Waals surface area contributed by atoms with Crippen LogP contribution in [0.1, 0.15) is 10.5 Å². The smallest absolute Gasteiger partial charge is 0.356 e. The SMILES string of the molecule is COC(=O)c1cc(N2CCOCC2)cc(-c2ccc(Oc3ccc(F)cc3)cc2)n1. The lowest BCUT2D eigenvalue weighted by Gasteiger charge is -2.29. The number of hydrogen-bond donors (Lipinski definition) is 0. The molecular weight excluding hydrogens is 387 g/mol. The summed E-state index contributed by atoms with van der Waals surface area (Å²) in [6, 6.07) is 16.9. The molecule has 154 valence electrons. The summed E-state index contributed by atoms with van der Waals surface area (Å²) in [7, 11) is 1.34. The number of ether oxygens (including phenoxy) is 3. The van der Waals surface area contributed by atoms with Crippen LogP contribution in [0.3, 0.4) is 0 Å². The maximum absolute atomic E-state index is 13.0. The van der Waals surface area contributed by atoms with E-state index in [1.54, 1.807) is 30.3 Å². The summed E-state index contributed by atoms with van der Waals surface area (Å²) in [5.41, 5.74) is 2.65. The monoisotopic (exact) mass is 408 g/mol. The number of esters is 1. The predicted octanol–water partition coefficient (Wildman–Crippen LogP) is 4.30. The minimum Gasteiger partial charge on any atom is -0.464 e. The van der Waals surface area contributed by atoms with E-state index < -0.39 is 5.97 Å². The lowest BCUT2D eigenvalue weighted by molar-refractivity contribution is 0.0594. The van der Waals surface area contributed by atoms with Gasteiger partial charge >= 0.3 is 5.97 Å². The van der Waals surface area contributed by atoms with E-state index in [-0.39, 0.29) is 11.5 Å². The van der Waals surface area contributed by atoms with Crippen LogP contribution in [0, 0.1) is 5.82 Å². The molecule has 0 atom stereocenters. The molecule has 1 aliphatic rings. The Morgan fingerprint density at radius 3 is 2.27 bits per heavy atom. The molecule has 0 N–H and O–H groups in total. The zero-order chi connectivity index (χ0) is 20.9. The van der Waals surface area contributed by atoms with Gasteiger partial charge in [0.1, 0.15) is 17.3 Å². The lowest BCUT2D eigenvalue weighted by atomic mass is 10.1. The van der Waals surface area contributed by atoms with Crippen LogP contribution in [0.5, 0.6) is 11.5 Å². The van der Waals surface area contributed by atoms with E-state index in [9.17, 15) is 9.18 Å². The molecule has 1 fully saturated rings. The number of methoxy groups -OCH3 is 1. The first-order chi connectivity index (χ1) is 14.6. The van der Waals surface area contributed by atoms with Crippen molar-refractivity contribution in [3.63, 3.8) is 0 Å². The van der Waals surface area contributed by atoms with Crippen molar-refractivity contribution in [1.82, 2.24) is 4.98 Å². The second-order valence-corrected chi connectivity index (χ2v) is 6.77. The van der Waals surface area contributed by atoms with Crippen LogP contribution < -0.4 is 9.64 Å². The quantitative estimate of drug-likeness (QED) is 0.587. The Balaban J connectivity index is 1.61. The first-order valence-corrected chi connectivity index (χ1v) is 9.59. The second kappa shape index (κ2) is 8.92. The van der Waals surface area contributed by atoms with Crippen molar-refractivity contribution in [3.8, 4) is 22.8 Å². The molecule has 0 unspecified atom stereocenters.